The summed E-state index contributed by atoms with van der Waals surface area (Å²) in [6, 6.07) is 0. The molecule has 0 spiro atoms. The number of hydrogen-bond donors (Lipinski definition) is 2. The van der Waals surface area contributed by atoms with Gasteiger partial charge in [-0.1, -0.05) is 36.2 Å². The SMILES string of the molecule is CC1C=C(c2sc(-c3nnc(CC(C)(C)O)o3)nc2C(=O)N2CCC(F)CC2)C(Cl)=C(Cl)C1C(O)(C(F)(F)F)C(F)(F)F. The molecule has 2 unspecified atom stereocenters. The third kappa shape index (κ3) is 6.44. The van der Waals surface area contributed by atoms with E-state index in [1.54, 1.807) is 0 Å². The van der Waals surface area contributed by atoms with E-state index in [0.29, 0.717) is 0 Å². The number of likely N-dealkylation sites (tertiary alicyclic amines) is 1. The zero-order chi connectivity index (χ0) is 32.3. The van der Waals surface area contributed by atoms with E-state index >= 15 is 0 Å². The third-order valence-corrected chi connectivity index (χ3v) is 9.01. The number of halogens is 9. The molecule has 1 aliphatic carbocycles. The Morgan fingerprint density at radius 2 is 1.67 bits per heavy atom. The van der Waals surface area contributed by atoms with Crippen LogP contribution in [0.4, 0.5) is 30.7 Å². The van der Waals surface area contributed by atoms with Gasteiger partial charge < -0.3 is 19.5 Å². The lowest BCUT2D eigenvalue weighted by atomic mass is 9.74. The third-order valence-electron chi connectivity index (χ3n) is 7.01. The molecule has 1 fully saturated rings. The fourth-order valence-corrected chi connectivity index (χ4v) is 6.70. The zero-order valence-electron chi connectivity index (χ0n) is 22.7. The topological polar surface area (TPSA) is 113 Å². The first kappa shape index (κ1) is 33.6. The molecular weight excluding hydrogens is 656 g/mol. The van der Waals surface area contributed by atoms with E-state index in [1.165, 1.54) is 18.7 Å². The fraction of sp³-hybridized carbons (Fsp3) is 0.600. The van der Waals surface area contributed by atoms with Gasteiger partial charge in [0, 0.05) is 29.6 Å². The Hall–Kier alpha value is -2.27. The Kier molecular flexibility index (Phi) is 9.06. The molecule has 1 amide bonds. The highest BCUT2D eigenvalue weighted by atomic mass is 35.5. The van der Waals surface area contributed by atoms with Crippen molar-refractivity contribution in [2.45, 2.75) is 69.8 Å². The molecule has 43 heavy (non-hydrogen) atoms. The van der Waals surface area contributed by atoms with Crippen LogP contribution < -0.4 is 0 Å². The predicted octanol–water partition coefficient (Wildman–Crippen LogP) is 6.27. The van der Waals surface area contributed by atoms with Crippen molar-refractivity contribution in [2.24, 2.45) is 11.8 Å². The van der Waals surface area contributed by atoms with Crippen LogP contribution in [0.15, 0.2) is 20.6 Å². The van der Waals surface area contributed by atoms with Crippen LogP contribution in [0.1, 0.15) is 54.9 Å². The molecule has 18 heteroatoms. The van der Waals surface area contributed by atoms with Crippen LogP contribution in [-0.4, -0.2) is 79.0 Å². The van der Waals surface area contributed by atoms with Crippen molar-refractivity contribution in [1.82, 2.24) is 20.1 Å². The first-order valence-corrected chi connectivity index (χ1v) is 14.4. The molecule has 2 aliphatic rings. The van der Waals surface area contributed by atoms with Crippen molar-refractivity contribution >= 4 is 46.0 Å². The van der Waals surface area contributed by atoms with Gasteiger partial charge in [-0.3, -0.25) is 4.79 Å². The molecule has 2 aromatic rings. The minimum absolute atomic E-state index is 0.0186. The highest BCUT2D eigenvalue weighted by Crippen LogP contribution is 2.57. The lowest BCUT2D eigenvalue weighted by Crippen LogP contribution is -2.63. The number of aromatic nitrogens is 3. The lowest BCUT2D eigenvalue weighted by Gasteiger charge is -2.42. The number of aliphatic hydroxyl groups is 2. The van der Waals surface area contributed by atoms with Crippen molar-refractivity contribution in [3.8, 4) is 10.9 Å². The number of hydrogen-bond acceptors (Lipinski definition) is 8. The van der Waals surface area contributed by atoms with E-state index in [4.69, 9.17) is 27.6 Å². The van der Waals surface area contributed by atoms with Gasteiger partial charge in [-0.2, -0.15) is 26.3 Å². The van der Waals surface area contributed by atoms with Gasteiger partial charge in [-0.25, -0.2) is 9.37 Å². The maximum absolute atomic E-state index is 13.8. The number of piperidine rings is 1. The fourth-order valence-electron chi connectivity index (χ4n) is 4.90. The Bertz CT molecular complexity index is 1430. The summed E-state index contributed by atoms with van der Waals surface area (Å²) in [5, 5.41) is 25.9. The summed E-state index contributed by atoms with van der Waals surface area (Å²) in [4.78, 5) is 19.1. The molecule has 1 saturated heterocycles. The summed E-state index contributed by atoms with van der Waals surface area (Å²) >= 11 is 13.1. The Labute approximate surface area is 254 Å². The molecule has 2 aromatic heterocycles. The van der Waals surface area contributed by atoms with E-state index in [0.717, 1.165) is 24.3 Å². The average molecular weight is 681 g/mol. The number of allylic oxidation sites excluding steroid dienone is 3. The standard InChI is InChI=1S/C25H25Cl2F7N4O4S/c1-10-8-12(15(26)16(27)14(10)23(41,24(29,30)31)25(32,33)34)18-17(21(39)38-6-4-11(28)5-7-38)35-20(43-18)19-37-36-13(42-19)9-22(2,3)40/h8,10-11,14,40-41H,4-7,9H2,1-3H3. The maximum Gasteiger partial charge on any atom is 0.426 e. The molecular formula is C25H25Cl2F7N4O4S. The van der Waals surface area contributed by atoms with E-state index in [1.807, 2.05) is 0 Å². The number of carbonyl (C=O) groups is 1. The second-order valence-electron chi connectivity index (χ2n) is 11.0. The monoisotopic (exact) mass is 680 g/mol. The molecule has 4 rings (SSSR count). The summed E-state index contributed by atoms with van der Waals surface area (Å²) < 4.78 is 102. The quantitative estimate of drug-likeness (QED) is 0.346. The molecule has 3 heterocycles. The van der Waals surface area contributed by atoms with Gasteiger partial charge >= 0.3 is 12.4 Å². The highest BCUT2D eigenvalue weighted by Gasteiger charge is 2.75. The number of nitrogens with zero attached hydrogens (tertiary/aromatic N) is 4. The summed E-state index contributed by atoms with van der Waals surface area (Å²) in [5.74, 6) is -5.34. The van der Waals surface area contributed by atoms with Crippen LogP contribution >= 0.6 is 34.5 Å². The Morgan fingerprint density at radius 1 is 1.09 bits per heavy atom. The first-order chi connectivity index (χ1) is 19.7. The largest absolute Gasteiger partial charge is 0.426 e. The van der Waals surface area contributed by atoms with E-state index in [2.05, 4.69) is 15.2 Å². The van der Waals surface area contributed by atoms with Crippen molar-refractivity contribution in [3.05, 3.63) is 32.6 Å². The summed E-state index contributed by atoms with van der Waals surface area (Å²) in [6.45, 7) is 4.02. The van der Waals surface area contributed by atoms with Crippen molar-refractivity contribution in [3.63, 3.8) is 0 Å². The lowest BCUT2D eigenvalue weighted by molar-refractivity contribution is -0.383. The van der Waals surface area contributed by atoms with Gasteiger partial charge in [0.25, 0.3) is 17.4 Å². The van der Waals surface area contributed by atoms with Gasteiger partial charge in [-0.15, -0.1) is 21.5 Å². The summed E-state index contributed by atoms with van der Waals surface area (Å²) in [7, 11) is 0. The summed E-state index contributed by atoms with van der Waals surface area (Å²) in [5.41, 5.74) is -6.97. The molecule has 238 valence electrons. The van der Waals surface area contributed by atoms with Crippen LogP contribution in [-0.2, 0) is 6.42 Å². The second-order valence-corrected chi connectivity index (χ2v) is 12.8. The van der Waals surface area contributed by atoms with Gasteiger partial charge in [0.1, 0.15) is 11.9 Å². The minimum Gasteiger partial charge on any atom is -0.419 e. The molecule has 0 aromatic carbocycles. The minimum atomic E-state index is -6.17. The molecule has 0 bridgehead atoms. The number of alkyl halides is 7. The molecule has 2 atom stereocenters. The van der Waals surface area contributed by atoms with Gasteiger partial charge in [-0.05, 0) is 32.6 Å². The molecule has 0 saturated carbocycles. The van der Waals surface area contributed by atoms with Crippen LogP contribution in [0.25, 0.3) is 16.5 Å². The van der Waals surface area contributed by atoms with Gasteiger partial charge in [0.2, 0.25) is 5.89 Å². The van der Waals surface area contributed by atoms with E-state index < -0.39 is 57.5 Å². The predicted molar refractivity (Wildman–Crippen MR) is 142 cm³/mol. The van der Waals surface area contributed by atoms with Crippen LogP contribution in [0.5, 0.6) is 0 Å². The zero-order valence-corrected chi connectivity index (χ0v) is 25.0. The van der Waals surface area contributed by atoms with Crippen LogP contribution in [0.2, 0.25) is 0 Å². The average Bonchev–Trinajstić information content (AvgIpc) is 3.51. The van der Waals surface area contributed by atoms with Gasteiger partial charge in [0.15, 0.2) is 5.01 Å². The molecule has 8 nitrogen and oxygen atoms in total. The van der Waals surface area contributed by atoms with Crippen LogP contribution in [0, 0.1) is 11.8 Å². The first-order valence-electron chi connectivity index (χ1n) is 12.8. The Balaban J connectivity index is 1.83. The smallest absolute Gasteiger partial charge is 0.419 e. The van der Waals surface area contributed by atoms with E-state index in [9.17, 15) is 45.7 Å². The molecule has 1 aliphatic heterocycles. The number of thiazole rings is 1. The maximum atomic E-state index is 13.8. The normalized spacial score (nSPS) is 21.4. The highest BCUT2D eigenvalue weighted by molar-refractivity contribution is 7.16. The Morgan fingerprint density at radius 3 is 2.21 bits per heavy atom. The second kappa shape index (κ2) is 11.6. The van der Waals surface area contributed by atoms with Crippen molar-refractivity contribution in [2.75, 3.05) is 13.1 Å². The van der Waals surface area contributed by atoms with Gasteiger partial charge in [0.05, 0.1) is 21.9 Å². The molecule has 2 N–H and O–H groups in total. The number of carbonyl (C=O) groups excluding carboxylic acids is 1. The van der Waals surface area contributed by atoms with Crippen molar-refractivity contribution < 1.29 is 50.2 Å². The van der Waals surface area contributed by atoms with Crippen molar-refractivity contribution in [1.29, 1.82) is 0 Å². The number of amides is 1. The summed E-state index contributed by atoms with van der Waals surface area (Å²) in [6.07, 6.45) is -12.5. The molecule has 0 radical (unpaired) electrons. The van der Waals surface area contributed by atoms with E-state index in [-0.39, 0.29) is 65.3 Å². The van der Waals surface area contributed by atoms with Crippen LogP contribution in [0.3, 0.4) is 0 Å². The number of rotatable bonds is 6.